The van der Waals surface area contributed by atoms with Gasteiger partial charge in [-0.15, -0.1) is 0 Å². The molecule has 1 aliphatic rings. The van der Waals surface area contributed by atoms with Crippen molar-refractivity contribution in [2.75, 3.05) is 12.3 Å². The Kier molecular flexibility index (Phi) is 6.04. The number of imidazole rings is 1. The number of carbonyl (C=O) groups is 2. The number of carbonyl (C=O) groups excluding carboxylic acids is 2. The van der Waals surface area contributed by atoms with Crippen molar-refractivity contribution < 1.29 is 18.7 Å². The fraction of sp³-hybridized carbons (Fsp3) is 0.292. The number of benzene rings is 2. The van der Waals surface area contributed by atoms with Crippen molar-refractivity contribution in [2.45, 2.75) is 39.1 Å². The fourth-order valence-corrected chi connectivity index (χ4v) is 3.81. The largest absolute Gasteiger partial charge is 0.445 e. The lowest BCUT2D eigenvalue weighted by Gasteiger charge is -2.34. The summed E-state index contributed by atoms with van der Waals surface area (Å²) >= 11 is 0. The molecule has 0 spiro atoms. The standard InChI is InChI=1S/C24H26FN5O3/c1-24(2,28-23(32)33-15-16-6-4-3-5-7-16)22(31)29-12-13-30-19(14-29)27-20(21(30)26)17-8-10-18(25)11-9-17/h3-11H,12-15,26H2,1-2H3,(H,28,32). The molecule has 9 heteroatoms. The second-order valence-electron chi connectivity index (χ2n) is 8.46. The zero-order valence-electron chi connectivity index (χ0n) is 18.5. The van der Waals surface area contributed by atoms with Crippen LogP contribution in [0, 0.1) is 5.82 Å². The predicted molar refractivity (Wildman–Crippen MR) is 121 cm³/mol. The van der Waals surface area contributed by atoms with E-state index in [1.807, 2.05) is 34.9 Å². The molecule has 0 radical (unpaired) electrons. The van der Waals surface area contributed by atoms with Gasteiger partial charge in [-0.2, -0.15) is 0 Å². The van der Waals surface area contributed by atoms with Crippen LogP contribution in [0.5, 0.6) is 0 Å². The van der Waals surface area contributed by atoms with Crippen molar-refractivity contribution in [3.8, 4) is 11.3 Å². The smallest absolute Gasteiger partial charge is 0.408 e. The lowest BCUT2D eigenvalue weighted by molar-refractivity contribution is -0.138. The van der Waals surface area contributed by atoms with Gasteiger partial charge >= 0.3 is 6.09 Å². The molecule has 2 aromatic carbocycles. The van der Waals surface area contributed by atoms with E-state index in [2.05, 4.69) is 10.3 Å². The quantitative estimate of drug-likeness (QED) is 0.620. The summed E-state index contributed by atoms with van der Waals surface area (Å²) < 4.78 is 20.4. The Morgan fingerprint density at radius 1 is 1.12 bits per heavy atom. The highest BCUT2D eigenvalue weighted by molar-refractivity contribution is 5.89. The van der Waals surface area contributed by atoms with Crippen LogP contribution in [-0.2, 0) is 29.2 Å². The molecule has 172 valence electrons. The van der Waals surface area contributed by atoms with Crippen LogP contribution in [0.15, 0.2) is 54.6 Å². The number of hydrogen-bond acceptors (Lipinski definition) is 5. The van der Waals surface area contributed by atoms with Gasteiger partial charge in [-0.1, -0.05) is 30.3 Å². The number of alkyl carbamates (subject to hydrolysis) is 1. The molecule has 33 heavy (non-hydrogen) atoms. The van der Waals surface area contributed by atoms with E-state index in [-0.39, 0.29) is 24.9 Å². The Hall–Kier alpha value is -3.88. The molecule has 0 atom stereocenters. The van der Waals surface area contributed by atoms with Gasteiger partial charge in [-0.3, -0.25) is 4.79 Å². The number of halogens is 1. The average Bonchev–Trinajstić information content (AvgIpc) is 3.14. The van der Waals surface area contributed by atoms with Gasteiger partial charge < -0.3 is 25.3 Å². The Morgan fingerprint density at radius 2 is 1.82 bits per heavy atom. The van der Waals surface area contributed by atoms with Crippen molar-refractivity contribution in [2.24, 2.45) is 0 Å². The average molecular weight is 452 g/mol. The van der Waals surface area contributed by atoms with Crippen LogP contribution in [0.1, 0.15) is 25.2 Å². The number of hydrogen-bond donors (Lipinski definition) is 2. The third kappa shape index (κ3) is 4.82. The maximum Gasteiger partial charge on any atom is 0.408 e. The molecule has 0 unspecified atom stereocenters. The van der Waals surface area contributed by atoms with E-state index < -0.39 is 11.6 Å². The Morgan fingerprint density at radius 3 is 2.52 bits per heavy atom. The lowest BCUT2D eigenvalue weighted by Crippen LogP contribution is -2.57. The first-order valence-corrected chi connectivity index (χ1v) is 10.6. The predicted octanol–water partition coefficient (Wildman–Crippen LogP) is 3.32. The molecule has 0 saturated heterocycles. The van der Waals surface area contributed by atoms with Gasteiger partial charge in [0.15, 0.2) is 0 Å². The van der Waals surface area contributed by atoms with Gasteiger partial charge in [0.05, 0.1) is 6.54 Å². The first-order valence-electron chi connectivity index (χ1n) is 10.6. The van der Waals surface area contributed by atoms with Gasteiger partial charge in [0.25, 0.3) is 0 Å². The number of nitrogens with one attached hydrogen (secondary N) is 1. The van der Waals surface area contributed by atoms with Crippen molar-refractivity contribution >= 4 is 17.8 Å². The SMILES string of the molecule is CC(C)(NC(=O)OCc1ccccc1)C(=O)N1CCn2c(nc(-c3ccc(F)cc3)c2N)C1. The summed E-state index contributed by atoms with van der Waals surface area (Å²) in [6.07, 6.45) is -0.668. The molecular weight excluding hydrogens is 425 g/mol. The molecule has 0 fully saturated rings. The number of amides is 2. The van der Waals surface area contributed by atoms with E-state index in [1.165, 1.54) is 12.1 Å². The summed E-state index contributed by atoms with van der Waals surface area (Å²) in [6, 6.07) is 15.3. The maximum atomic E-state index is 13.3. The molecule has 1 aliphatic heterocycles. The highest BCUT2D eigenvalue weighted by Crippen LogP contribution is 2.29. The van der Waals surface area contributed by atoms with E-state index in [1.54, 1.807) is 30.9 Å². The molecule has 2 heterocycles. The van der Waals surface area contributed by atoms with Crippen LogP contribution in [0.2, 0.25) is 0 Å². The molecule has 4 rings (SSSR count). The van der Waals surface area contributed by atoms with Gasteiger partial charge in [0, 0.05) is 18.7 Å². The molecule has 0 aliphatic carbocycles. The molecule has 0 saturated carbocycles. The molecule has 8 nitrogen and oxygen atoms in total. The van der Waals surface area contributed by atoms with Crippen LogP contribution in [0.3, 0.4) is 0 Å². The molecule has 1 aromatic heterocycles. The molecule has 3 aromatic rings. The van der Waals surface area contributed by atoms with Gasteiger partial charge in [-0.25, -0.2) is 14.2 Å². The second kappa shape index (κ2) is 8.93. The van der Waals surface area contributed by atoms with Crippen LogP contribution in [0.25, 0.3) is 11.3 Å². The number of aromatic nitrogens is 2. The number of nitrogen functional groups attached to an aromatic ring is 1. The first-order chi connectivity index (χ1) is 15.7. The molecule has 3 N–H and O–H groups in total. The highest BCUT2D eigenvalue weighted by atomic mass is 19.1. The van der Waals surface area contributed by atoms with E-state index in [0.29, 0.717) is 36.0 Å². The van der Waals surface area contributed by atoms with E-state index in [0.717, 1.165) is 5.56 Å². The summed E-state index contributed by atoms with van der Waals surface area (Å²) in [7, 11) is 0. The van der Waals surface area contributed by atoms with Gasteiger partial charge in [0.2, 0.25) is 5.91 Å². The number of fused-ring (bicyclic) bond motifs is 1. The van der Waals surface area contributed by atoms with E-state index in [4.69, 9.17) is 10.5 Å². The molecular formula is C24H26FN5O3. The molecule has 2 amide bonds. The van der Waals surface area contributed by atoms with Crippen LogP contribution < -0.4 is 11.1 Å². The minimum atomic E-state index is -1.17. The molecule has 0 bridgehead atoms. The lowest BCUT2D eigenvalue weighted by atomic mass is 10.0. The first kappa shape index (κ1) is 22.3. The van der Waals surface area contributed by atoms with Crippen molar-refractivity contribution in [1.82, 2.24) is 19.8 Å². The van der Waals surface area contributed by atoms with Crippen molar-refractivity contribution in [3.63, 3.8) is 0 Å². The third-order valence-electron chi connectivity index (χ3n) is 5.58. The Balaban J connectivity index is 1.41. The fourth-order valence-electron chi connectivity index (χ4n) is 3.81. The summed E-state index contributed by atoms with van der Waals surface area (Å²) in [5.41, 5.74) is 7.22. The highest BCUT2D eigenvalue weighted by Gasteiger charge is 2.36. The number of rotatable bonds is 5. The van der Waals surface area contributed by atoms with Gasteiger partial charge in [-0.05, 0) is 43.7 Å². The zero-order valence-corrected chi connectivity index (χ0v) is 18.5. The van der Waals surface area contributed by atoms with Gasteiger partial charge in [0.1, 0.15) is 35.3 Å². The maximum absolute atomic E-state index is 13.3. The number of nitrogens with two attached hydrogens (primary N) is 1. The summed E-state index contributed by atoms with van der Waals surface area (Å²) in [5.74, 6) is 0.518. The van der Waals surface area contributed by atoms with E-state index >= 15 is 0 Å². The number of nitrogens with zero attached hydrogens (tertiary/aromatic N) is 3. The third-order valence-corrected chi connectivity index (χ3v) is 5.58. The minimum absolute atomic E-state index is 0.115. The second-order valence-corrected chi connectivity index (χ2v) is 8.46. The van der Waals surface area contributed by atoms with Crippen molar-refractivity contribution in [1.29, 1.82) is 0 Å². The van der Waals surface area contributed by atoms with Crippen LogP contribution >= 0.6 is 0 Å². The van der Waals surface area contributed by atoms with E-state index in [9.17, 15) is 14.0 Å². The number of ether oxygens (including phenoxy) is 1. The zero-order chi connectivity index (χ0) is 23.6. The number of anilines is 1. The summed E-state index contributed by atoms with van der Waals surface area (Å²) in [4.78, 5) is 31.7. The van der Waals surface area contributed by atoms with Crippen LogP contribution in [0.4, 0.5) is 15.0 Å². The topological polar surface area (TPSA) is 102 Å². The summed E-state index contributed by atoms with van der Waals surface area (Å²) in [5, 5.41) is 2.66. The van der Waals surface area contributed by atoms with Crippen molar-refractivity contribution in [3.05, 3.63) is 71.8 Å². The minimum Gasteiger partial charge on any atom is -0.445 e. The normalized spacial score (nSPS) is 13.4. The Labute approximate surface area is 191 Å². The monoisotopic (exact) mass is 451 g/mol. The summed E-state index contributed by atoms with van der Waals surface area (Å²) in [6.45, 7) is 4.52. The Bertz CT molecular complexity index is 1160. The van der Waals surface area contributed by atoms with Crippen LogP contribution in [-0.4, -0.2) is 38.5 Å².